The minimum absolute atomic E-state index is 0. The molecule has 1 saturated carbocycles. The molecule has 0 radical (unpaired) electrons. The van der Waals surface area contributed by atoms with E-state index in [1.807, 2.05) is 6.07 Å². The summed E-state index contributed by atoms with van der Waals surface area (Å²) in [5.41, 5.74) is 6.72. The fraction of sp³-hybridized carbons (Fsp3) is 0.462. The molecule has 5 heteroatoms. The number of guanidine groups is 1. The molecule has 0 saturated heterocycles. The van der Waals surface area contributed by atoms with Gasteiger partial charge in [-0.25, -0.2) is 4.99 Å². The topological polar surface area (TPSA) is 70.6 Å². The molecule has 1 aliphatic carbocycles. The first-order valence-electron chi connectivity index (χ1n) is 6.06. The molecule has 0 bridgehead atoms. The van der Waals surface area contributed by atoms with Crippen LogP contribution in [0.2, 0.25) is 0 Å². The Morgan fingerprint density at radius 1 is 1.44 bits per heavy atom. The van der Waals surface area contributed by atoms with E-state index in [1.54, 1.807) is 18.2 Å². The Morgan fingerprint density at radius 3 is 2.83 bits per heavy atom. The summed E-state index contributed by atoms with van der Waals surface area (Å²) in [6, 6.07) is 7.06. The molecule has 2 rings (SSSR count). The van der Waals surface area contributed by atoms with Crippen molar-refractivity contribution in [3.05, 3.63) is 29.8 Å². The first-order valence-corrected chi connectivity index (χ1v) is 6.06. The number of nitrogens with one attached hydrogen (secondary N) is 1. The Labute approximate surface area is 125 Å². The van der Waals surface area contributed by atoms with Crippen LogP contribution in [0.1, 0.15) is 24.8 Å². The molecule has 1 aliphatic rings. The van der Waals surface area contributed by atoms with Gasteiger partial charge in [-0.3, -0.25) is 0 Å². The Hall–Kier alpha value is -0.980. The van der Waals surface area contributed by atoms with E-state index in [1.165, 1.54) is 19.3 Å². The number of phenols is 1. The van der Waals surface area contributed by atoms with E-state index < -0.39 is 0 Å². The Balaban J connectivity index is 0.00000162. The summed E-state index contributed by atoms with van der Waals surface area (Å²) in [6.07, 6.45) is 3.94. The number of nitrogens with zero attached hydrogens (tertiary/aromatic N) is 1. The highest BCUT2D eigenvalue weighted by Crippen LogP contribution is 2.24. The van der Waals surface area contributed by atoms with Gasteiger partial charge in [0.1, 0.15) is 5.75 Å². The molecule has 18 heavy (non-hydrogen) atoms. The number of nitrogens with two attached hydrogens (primary N) is 1. The van der Waals surface area contributed by atoms with Gasteiger partial charge in [-0.2, -0.15) is 0 Å². The fourth-order valence-corrected chi connectivity index (χ4v) is 1.83. The smallest absolute Gasteiger partial charge is 0.188 e. The molecule has 0 aromatic heterocycles. The number of aliphatic imine (C=N–C) groups is 1. The second-order valence-corrected chi connectivity index (χ2v) is 4.55. The lowest BCUT2D eigenvalue weighted by atomic mass is 9.85. The molecule has 0 unspecified atom stereocenters. The van der Waals surface area contributed by atoms with Crippen LogP contribution in [0.15, 0.2) is 29.3 Å². The molecule has 100 valence electrons. The van der Waals surface area contributed by atoms with Crippen molar-refractivity contribution < 1.29 is 5.11 Å². The predicted octanol–water partition coefficient (Wildman–Crippen LogP) is 2.21. The third-order valence-electron chi connectivity index (χ3n) is 3.14. The first kappa shape index (κ1) is 15.1. The second kappa shape index (κ2) is 7.45. The van der Waals surface area contributed by atoms with E-state index in [0.29, 0.717) is 12.5 Å². The van der Waals surface area contributed by atoms with Crippen molar-refractivity contribution in [1.82, 2.24) is 5.32 Å². The van der Waals surface area contributed by atoms with E-state index in [9.17, 15) is 5.11 Å². The Morgan fingerprint density at radius 2 is 2.22 bits per heavy atom. The van der Waals surface area contributed by atoms with Crippen molar-refractivity contribution in [2.24, 2.45) is 16.6 Å². The van der Waals surface area contributed by atoms with Gasteiger partial charge in [0, 0.05) is 6.54 Å². The lowest BCUT2D eigenvalue weighted by Gasteiger charge is -2.25. The lowest BCUT2D eigenvalue weighted by molar-refractivity contribution is 0.315. The van der Waals surface area contributed by atoms with Crippen LogP contribution in [0.25, 0.3) is 0 Å². The molecule has 1 aromatic carbocycles. The molecular formula is C13H20IN3O. The van der Waals surface area contributed by atoms with Crippen molar-refractivity contribution >= 4 is 29.9 Å². The van der Waals surface area contributed by atoms with E-state index >= 15 is 0 Å². The summed E-state index contributed by atoms with van der Waals surface area (Å²) in [7, 11) is 0. The van der Waals surface area contributed by atoms with Gasteiger partial charge in [0.2, 0.25) is 0 Å². The number of rotatable bonds is 4. The molecule has 0 atom stereocenters. The monoisotopic (exact) mass is 361 g/mol. The molecule has 0 spiro atoms. The zero-order chi connectivity index (χ0) is 12.1. The number of benzene rings is 1. The summed E-state index contributed by atoms with van der Waals surface area (Å²) in [5.74, 6) is 1.52. The van der Waals surface area contributed by atoms with Crippen molar-refractivity contribution in [3.63, 3.8) is 0 Å². The van der Waals surface area contributed by atoms with Gasteiger partial charge < -0.3 is 16.2 Å². The molecule has 4 N–H and O–H groups in total. The molecule has 1 aromatic rings. The maximum absolute atomic E-state index is 9.30. The minimum atomic E-state index is 0. The highest BCUT2D eigenvalue weighted by molar-refractivity contribution is 14.0. The summed E-state index contributed by atoms with van der Waals surface area (Å²) >= 11 is 0. The maximum atomic E-state index is 9.30. The van der Waals surface area contributed by atoms with Crippen molar-refractivity contribution in [2.45, 2.75) is 25.8 Å². The first-order chi connectivity index (χ1) is 8.24. The van der Waals surface area contributed by atoms with E-state index in [-0.39, 0.29) is 29.7 Å². The molecule has 0 amide bonds. The number of halogens is 1. The van der Waals surface area contributed by atoms with Crippen molar-refractivity contribution in [3.8, 4) is 5.75 Å². The van der Waals surface area contributed by atoms with Gasteiger partial charge in [0.25, 0.3) is 0 Å². The van der Waals surface area contributed by atoms with Gasteiger partial charge in [-0.15, -0.1) is 24.0 Å². The molecule has 0 heterocycles. The Bertz CT molecular complexity index is 405. The normalized spacial score (nSPS) is 15.7. The van der Waals surface area contributed by atoms with E-state index in [2.05, 4.69) is 10.3 Å². The zero-order valence-electron chi connectivity index (χ0n) is 10.3. The van der Waals surface area contributed by atoms with Gasteiger partial charge in [-0.1, -0.05) is 18.6 Å². The standard InChI is InChI=1S/C13H19N3O.HI/c14-13(15-8-10-3-1-4-10)16-9-11-5-2-6-12(17)7-11;/h2,5-7,10,17H,1,3-4,8-9H2,(H3,14,15,16);1H. The van der Waals surface area contributed by atoms with Crippen LogP contribution in [0.4, 0.5) is 0 Å². The molecule has 1 fully saturated rings. The van der Waals surface area contributed by atoms with Gasteiger partial charge in [0.05, 0.1) is 6.54 Å². The second-order valence-electron chi connectivity index (χ2n) is 4.55. The van der Waals surface area contributed by atoms with Crippen molar-refractivity contribution in [2.75, 3.05) is 6.54 Å². The predicted molar refractivity (Wildman–Crippen MR) is 84.2 cm³/mol. The quantitative estimate of drug-likeness (QED) is 0.438. The number of hydrogen-bond donors (Lipinski definition) is 3. The molecular weight excluding hydrogens is 341 g/mol. The van der Waals surface area contributed by atoms with Gasteiger partial charge in [0.15, 0.2) is 5.96 Å². The van der Waals surface area contributed by atoms with E-state index in [4.69, 9.17) is 5.73 Å². The van der Waals surface area contributed by atoms with Crippen LogP contribution >= 0.6 is 24.0 Å². The molecule has 0 aliphatic heterocycles. The SMILES string of the molecule is I.NC(=NCc1cccc(O)c1)NCC1CCC1. The summed E-state index contributed by atoms with van der Waals surface area (Å²) in [5, 5.41) is 12.4. The van der Waals surface area contributed by atoms with Crippen LogP contribution in [-0.2, 0) is 6.54 Å². The summed E-state index contributed by atoms with van der Waals surface area (Å²) < 4.78 is 0. The van der Waals surface area contributed by atoms with Crippen LogP contribution < -0.4 is 11.1 Å². The van der Waals surface area contributed by atoms with E-state index in [0.717, 1.165) is 18.0 Å². The number of phenolic OH excluding ortho intramolecular Hbond substituents is 1. The Kier molecular flexibility index (Phi) is 6.24. The summed E-state index contributed by atoms with van der Waals surface area (Å²) in [6.45, 7) is 1.42. The largest absolute Gasteiger partial charge is 0.508 e. The fourth-order valence-electron chi connectivity index (χ4n) is 1.83. The highest BCUT2D eigenvalue weighted by atomic mass is 127. The van der Waals surface area contributed by atoms with Gasteiger partial charge in [-0.05, 0) is 36.5 Å². The van der Waals surface area contributed by atoms with Crippen LogP contribution in [-0.4, -0.2) is 17.6 Å². The maximum Gasteiger partial charge on any atom is 0.188 e. The third-order valence-corrected chi connectivity index (χ3v) is 3.14. The van der Waals surface area contributed by atoms with Crippen LogP contribution in [0, 0.1) is 5.92 Å². The zero-order valence-corrected chi connectivity index (χ0v) is 12.6. The van der Waals surface area contributed by atoms with Crippen LogP contribution in [0.5, 0.6) is 5.75 Å². The third kappa shape index (κ3) is 4.72. The van der Waals surface area contributed by atoms with Gasteiger partial charge >= 0.3 is 0 Å². The van der Waals surface area contributed by atoms with Crippen molar-refractivity contribution in [1.29, 1.82) is 0 Å². The average Bonchev–Trinajstić information content (AvgIpc) is 2.24. The highest BCUT2D eigenvalue weighted by Gasteiger charge is 2.16. The summed E-state index contributed by atoms with van der Waals surface area (Å²) in [4.78, 5) is 4.24. The molecule has 4 nitrogen and oxygen atoms in total. The lowest BCUT2D eigenvalue weighted by Crippen LogP contribution is -2.37. The minimum Gasteiger partial charge on any atom is -0.508 e. The average molecular weight is 361 g/mol. The van der Waals surface area contributed by atoms with Crippen LogP contribution in [0.3, 0.4) is 0 Å². The number of hydrogen-bond acceptors (Lipinski definition) is 2. The number of aromatic hydroxyl groups is 1.